The number of ketones is 1. The fourth-order valence-corrected chi connectivity index (χ4v) is 4.10. The van der Waals surface area contributed by atoms with Crippen LogP contribution in [0.25, 0.3) is 0 Å². The maximum atomic E-state index is 12.0. The number of carbonyl (C=O) groups is 1. The van der Waals surface area contributed by atoms with Crippen LogP contribution < -0.4 is 0 Å². The minimum atomic E-state index is 0.234. The van der Waals surface area contributed by atoms with Crippen molar-refractivity contribution >= 4 is 5.78 Å². The molecule has 152 valence electrons. The summed E-state index contributed by atoms with van der Waals surface area (Å²) in [6.07, 6.45) is 16.6. The first-order chi connectivity index (χ1) is 12.3. The van der Waals surface area contributed by atoms with Gasteiger partial charge < -0.3 is 4.74 Å². The zero-order valence-corrected chi connectivity index (χ0v) is 18.3. The predicted molar refractivity (Wildman–Crippen MR) is 113 cm³/mol. The van der Waals surface area contributed by atoms with E-state index in [0.29, 0.717) is 11.9 Å². The third-order valence-corrected chi connectivity index (χ3v) is 5.94. The molecule has 26 heavy (non-hydrogen) atoms. The van der Waals surface area contributed by atoms with E-state index in [9.17, 15) is 4.79 Å². The Morgan fingerprint density at radius 1 is 0.885 bits per heavy atom. The normalized spacial score (nSPS) is 17.4. The average molecular weight is 365 g/mol. The van der Waals surface area contributed by atoms with Gasteiger partial charge in [0.25, 0.3) is 0 Å². The number of allylic oxidation sites excluding steroid dienone is 2. The molecule has 0 aromatic carbocycles. The maximum absolute atomic E-state index is 12.0. The first kappa shape index (κ1) is 23.4. The van der Waals surface area contributed by atoms with Gasteiger partial charge in [-0.05, 0) is 57.4 Å². The average Bonchev–Trinajstić information content (AvgIpc) is 2.58. The van der Waals surface area contributed by atoms with Gasteiger partial charge in [-0.25, -0.2) is 0 Å². The molecule has 0 saturated heterocycles. The minimum absolute atomic E-state index is 0.234. The molecule has 0 N–H and O–H groups in total. The van der Waals surface area contributed by atoms with Crippen LogP contribution in [0.3, 0.4) is 0 Å². The van der Waals surface area contributed by atoms with Gasteiger partial charge in [0.2, 0.25) is 0 Å². The molecule has 1 aliphatic rings. The summed E-state index contributed by atoms with van der Waals surface area (Å²) in [5.41, 5.74) is 2.74. The molecule has 0 amide bonds. The third kappa shape index (κ3) is 9.35. The number of hydrogen-bond acceptors (Lipinski definition) is 2. The summed E-state index contributed by atoms with van der Waals surface area (Å²) >= 11 is 0. The quantitative estimate of drug-likeness (QED) is 0.300. The fraction of sp³-hybridized carbons (Fsp3) is 0.875. The summed E-state index contributed by atoms with van der Waals surface area (Å²) in [4.78, 5) is 12.0. The van der Waals surface area contributed by atoms with Crippen LogP contribution in [0, 0.1) is 5.41 Å². The second kappa shape index (κ2) is 12.7. The largest absolute Gasteiger partial charge is 0.379 e. The molecule has 1 aliphatic carbocycles. The van der Waals surface area contributed by atoms with Gasteiger partial charge >= 0.3 is 0 Å². The summed E-state index contributed by atoms with van der Waals surface area (Å²) in [7, 11) is 0. The highest BCUT2D eigenvalue weighted by molar-refractivity contribution is 5.96. The molecule has 0 aromatic heterocycles. The van der Waals surface area contributed by atoms with Gasteiger partial charge in [0, 0.05) is 13.0 Å². The van der Waals surface area contributed by atoms with Crippen molar-refractivity contribution in [1.82, 2.24) is 0 Å². The lowest BCUT2D eigenvalue weighted by Gasteiger charge is -2.34. The standard InChI is InChI=1S/C24H44O2/c1-20(2)26-19-15-13-11-9-7-6-8-10-12-14-16-22-21(3)23(25)17-18-24(22,4)5/h20H,6-19H2,1-5H3. The number of hydrogen-bond donors (Lipinski definition) is 0. The molecule has 0 spiro atoms. The summed E-state index contributed by atoms with van der Waals surface area (Å²) in [5.74, 6) is 0.384. The maximum Gasteiger partial charge on any atom is 0.158 e. The Morgan fingerprint density at radius 2 is 1.38 bits per heavy atom. The Bertz CT molecular complexity index is 431. The van der Waals surface area contributed by atoms with E-state index in [1.807, 2.05) is 6.92 Å². The zero-order valence-electron chi connectivity index (χ0n) is 18.3. The zero-order chi connectivity index (χ0) is 19.4. The van der Waals surface area contributed by atoms with Crippen molar-refractivity contribution < 1.29 is 9.53 Å². The molecule has 0 bridgehead atoms. The van der Waals surface area contributed by atoms with Gasteiger partial charge in [0.05, 0.1) is 6.10 Å². The van der Waals surface area contributed by atoms with E-state index in [1.165, 1.54) is 69.8 Å². The van der Waals surface area contributed by atoms with Crippen molar-refractivity contribution in [3.05, 3.63) is 11.1 Å². The number of carbonyl (C=O) groups excluding carboxylic acids is 1. The minimum Gasteiger partial charge on any atom is -0.379 e. The Balaban J connectivity index is 1.98. The van der Waals surface area contributed by atoms with E-state index in [1.54, 1.807) is 0 Å². The van der Waals surface area contributed by atoms with E-state index in [2.05, 4.69) is 27.7 Å². The first-order valence-corrected chi connectivity index (χ1v) is 11.2. The van der Waals surface area contributed by atoms with Gasteiger partial charge in [-0.15, -0.1) is 0 Å². The van der Waals surface area contributed by atoms with Crippen LogP contribution >= 0.6 is 0 Å². The highest BCUT2D eigenvalue weighted by atomic mass is 16.5. The number of unbranched alkanes of at least 4 members (excludes halogenated alkanes) is 9. The van der Waals surface area contributed by atoms with Crippen molar-refractivity contribution in [2.75, 3.05) is 6.61 Å². The summed E-state index contributed by atoms with van der Waals surface area (Å²) in [6, 6.07) is 0. The van der Waals surface area contributed by atoms with Gasteiger partial charge in [0.15, 0.2) is 5.78 Å². The second-order valence-corrected chi connectivity index (χ2v) is 9.12. The van der Waals surface area contributed by atoms with E-state index < -0.39 is 0 Å². The lowest BCUT2D eigenvalue weighted by Crippen LogP contribution is -2.25. The van der Waals surface area contributed by atoms with E-state index in [-0.39, 0.29) is 5.41 Å². The highest BCUT2D eigenvalue weighted by Gasteiger charge is 2.31. The van der Waals surface area contributed by atoms with Crippen LogP contribution in [0.2, 0.25) is 0 Å². The molecule has 0 aromatic rings. The summed E-state index contributed by atoms with van der Waals surface area (Å²) in [6.45, 7) is 11.8. The number of ether oxygens (including phenoxy) is 1. The van der Waals surface area contributed by atoms with Crippen molar-refractivity contribution in [3.63, 3.8) is 0 Å². The van der Waals surface area contributed by atoms with Crippen LogP contribution in [0.15, 0.2) is 11.1 Å². The molecule has 0 saturated carbocycles. The Hall–Kier alpha value is -0.630. The lowest BCUT2D eigenvalue weighted by atomic mass is 9.70. The van der Waals surface area contributed by atoms with Crippen LogP contribution in [0.5, 0.6) is 0 Å². The molecule has 0 aliphatic heterocycles. The lowest BCUT2D eigenvalue weighted by molar-refractivity contribution is -0.116. The van der Waals surface area contributed by atoms with Crippen LogP contribution in [0.4, 0.5) is 0 Å². The van der Waals surface area contributed by atoms with Gasteiger partial charge in [-0.3, -0.25) is 4.79 Å². The highest BCUT2D eigenvalue weighted by Crippen LogP contribution is 2.41. The van der Waals surface area contributed by atoms with Crippen molar-refractivity contribution in [2.24, 2.45) is 5.41 Å². The number of rotatable bonds is 14. The Labute approximate surface area is 163 Å². The molecule has 0 heterocycles. The van der Waals surface area contributed by atoms with Crippen LogP contribution in [-0.4, -0.2) is 18.5 Å². The summed E-state index contributed by atoms with van der Waals surface area (Å²) in [5, 5.41) is 0. The topological polar surface area (TPSA) is 26.3 Å². The van der Waals surface area contributed by atoms with Crippen molar-refractivity contribution in [3.8, 4) is 0 Å². The molecule has 1 rings (SSSR count). The summed E-state index contributed by atoms with van der Waals surface area (Å²) < 4.78 is 5.57. The van der Waals surface area contributed by atoms with Gasteiger partial charge in [-0.1, -0.05) is 70.8 Å². The van der Waals surface area contributed by atoms with Crippen LogP contribution in [-0.2, 0) is 9.53 Å². The van der Waals surface area contributed by atoms with E-state index >= 15 is 0 Å². The third-order valence-electron chi connectivity index (χ3n) is 5.94. The molecule has 2 heteroatoms. The molecule has 0 unspecified atom stereocenters. The Morgan fingerprint density at radius 3 is 1.92 bits per heavy atom. The second-order valence-electron chi connectivity index (χ2n) is 9.12. The predicted octanol–water partition coefficient (Wildman–Crippen LogP) is 7.41. The Kier molecular flexibility index (Phi) is 11.4. The molecular formula is C24H44O2. The van der Waals surface area contributed by atoms with Gasteiger partial charge in [0.1, 0.15) is 0 Å². The molecular weight excluding hydrogens is 320 g/mol. The molecule has 0 atom stereocenters. The monoisotopic (exact) mass is 364 g/mol. The molecule has 0 fully saturated rings. The first-order valence-electron chi connectivity index (χ1n) is 11.2. The fourth-order valence-electron chi connectivity index (χ4n) is 4.10. The van der Waals surface area contributed by atoms with Gasteiger partial charge in [-0.2, -0.15) is 0 Å². The number of Topliss-reactive ketones (excluding diaryl/α,β-unsaturated/α-hetero) is 1. The van der Waals surface area contributed by atoms with Crippen molar-refractivity contribution in [2.45, 2.75) is 124 Å². The molecule has 2 nitrogen and oxygen atoms in total. The smallest absolute Gasteiger partial charge is 0.158 e. The van der Waals surface area contributed by atoms with Crippen molar-refractivity contribution in [1.29, 1.82) is 0 Å². The SMILES string of the molecule is CC1=C(CCCCCCCCCCCCOC(C)C)C(C)(C)CCC1=O. The van der Waals surface area contributed by atoms with Crippen LogP contribution in [0.1, 0.15) is 118 Å². The van der Waals surface area contributed by atoms with E-state index in [0.717, 1.165) is 31.4 Å². The van der Waals surface area contributed by atoms with E-state index in [4.69, 9.17) is 4.74 Å². The molecule has 0 radical (unpaired) electrons.